The van der Waals surface area contributed by atoms with Crippen LogP contribution in [0, 0.1) is 0 Å². The van der Waals surface area contributed by atoms with Gasteiger partial charge in [-0.25, -0.2) is 4.79 Å². The lowest BCUT2D eigenvalue weighted by molar-refractivity contribution is -0.148. The molecule has 0 bridgehead atoms. The van der Waals surface area contributed by atoms with E-state index in [-0.39, 0.29) is 18.1 Å². The molecule has 5 nitrogen and oxygen atoms in total. The number of nitrogens with one attached hydrogen (secondary N) is 2. The van der Waals surface area contributed by atoms with Gasteiger partial charge in [0.2, 0.25) is 0 Å². The molecular weight excluding hydrogens is 264 g/mol. The molecule has 1 heterocycles. The predicted molar refractivity (Wildman–Crippen MR) is 73.1 cm³/mol. The smallest absolute Gasteiger partial charge is 0.315 e. The lowest BCUT2D eigenvalue weighted by Crippen LogP contribution is -2.52. The third-order valence-corrected chi connectivity index (χ3v) is 3.61. The van der Waals surface area contributed by atoms with E-state index < -0.39 is 0 Å². The lowest BCUT2D eigenvalue weighted by Gasteiger charge is -2.23. The van der Waals surface area contributed by atoms with Gasteiger partial charge in [0.1, 0.15) is 6.10 Å². The second-order valence-electron chi connectivity index (χ2n) is 4.11. The first-order valence-corrected chi connectivity index (χ1v) is 7.11. The topological polar surface area (TPSA) is 67.4 Å². The van der Waals surface area contributed by atoms with Crippen molar-refractivity contribution in [1.29, 1.82) is 0 Å². The highest BCUT2D eigenvalue weighted by atomic mass is 32.2. The van der Waals surface area contributed by atoms with Gasteiger partial charge in [-0.1, -0.05) is 18.2 Å². The average Bonchev–Trinajstić information content (AvgIpc) is 2.43. The zero-order valence-electron chi connectivity index (χ0n) is 10.4. The Labute approximate surface area is 116 Å². The van der Waals surface area contributed by atoms with Crippen LogP contribution in [-0.2, 0) is 9.53 Å². The Morgan fingerprint density at radius 2 is 1.95 bits per heavy atom. The van der Waals surface area contributed by atoms with Crippen LogP contribution in [0.3, 0.4) is 0 Å². The third kappa shape index (κ3) is 4.82. The normalized spacial score (nSPS) is 15.5. The highest BCUT2D eigenvalue weighted by molar-refractivity contribution is 7.99. The molecule has 2 amide bonds. The first-order chi connectivity index (χ1) is 9.24. The predicted octanol–water partition coefficient (Wildman–Crippen LogP) is 1.39. The van der Waals surface area contributed by atoms with Crippen molar-refractivity contribution in [3.63, 3.8) is 0 Å². The standard InChI is InChI=1S/C13H16N2O3S/c16-12(18-10-8-14-13(17)15-9-10)6-7-19-11-4-2-1-3-5-11/h1-5,10H,6-9H2,(H2,14,15,17). The number of amides is 2. The van der Waals surface area contributed by atoms with Crippen molar-refractivity contribution in [2.24, 2.45) is 0 Å². The van der Waals surface area contributed by atoms with E-state index in [9.17, 15) is 9.59 Å². The average molecular weight is 280 g/mol. The van der Waals surface area contributed by atoms with Crippen LogP contribution in [-0.4, -0.2) is 36.9 Å². The van der Waals surface area contributed by atoms with Crippen LogP contribution < -0.4 is 10.6 Å². The van der Waals surface area contributed by atoms with Gasteiger partial charge in [0, 0.05) is 10.6 Å². The van der Waals surface area contributed by atoms with Gasteiger partial charge < -0.3 is 15.4 Å². The minimum Gasteiger partial charge on any atom is -0.459 e. The molecule has 19 heavy (non-hydrogen) atoms. The molecule has 102 valence electrons. The van der Waals surface area contributed by atoms with E-state index >= 15 is 0 Å². The Hall–Kier alpha value is -1.69. The summed E-state index contributed by atoms with van der Waals surface area (Å²) in [7, 11) is 0. The molecule has 0 spiro atoms. The maximum atomic E-state index is 11.6. The highest BCUT2D eigenvalue weighted by Crippen LogP contribution is 2.17. The number of carbonyl (C=O) groups excluding carboxylic acids is 2. The summed E-state index contributed by atoms with van der Waals surface area (Å²) >= 11 is 1.62. The minimum absolute atomic E-state index is 0.216. The number of urea groups is 1. The maximum Gasteiger partial charge on any atom is 0.315 e. The van der Waals surface area contributed by atoms with Gasteiger partial charge in [0.05, 0.1) is 19.5 Å². The molecule has 0 unspecified atom stereocenters. The molecule has 0 saturated carbocycles. The van der Waals surface area contributed by atoms with Crippen LogP contribution in [0.4, 0.5) is 4.79 Å². The van der Waals surface area contributed by atoms with Gasteiger partial charge >= 0.3 is 12.0 Å². The van der Waals surface area contributed by atoms with E-state index in [4.69, 9.17) is 4.74 Å². The SMILES string of the molecule is O=C1NCC(OC(=O)CCSc2ccccc2)CN1. The molecule has 0 aromatic heterocycles. The second kappa shape index (κ2) is 7.04. The Balaban J connectivity index is 1.63. The number of benzene rings is 1. The molecular formula is C13H16N2O3S. The summed E-state index contributed by atoms with van der Waals surface area (Å²) in [5.41, 5.74) is 0. The molecule has 1 aromatic rings. The summed E-state index contributed by atoms with van der Waals surface area (Å²) < 4.78 is 5.25. The fourth-order valence-electron chi connectivity index (χ4n) is 1.64. The van der Waals surface area contributed by atoms with Gasteiger partial charge in [-0.15, -0.1) is 11.8 Å². The van der Waals surface area contributed by atoms with Crippen molar-refractivity contribution in [3.05, 3.63) is 30.3 Å². The summed E-state index contributed by atoms with van der Waals surface area (Å²) in [6.45, 7) is 0.757. The van der Waals surface area contributed by atoms with Crippen LogP contribution in [0.25, 0.3) is 0 Å². The number of hydrogen-bond donors (Lipinski definition) is 2. The first-order valence-electron chi connectivity index (χ1n) is 6.13. The number of ether oxygens (including phenoxy) is 1. The van der Waals surface area contributed by atoms with Crippen LogP contribution in [0.1, 0.15) is 6.42 Å². The van der Waals surface area contributed by atoms with Crippen molar-refractivity contribution >= 4 is 23.8 Å². The van der Waals surface area contributed by atoms with Gasteiger partial charge in [0.25, 0.3) is 0 Å². The number of rotatable bonds is 5. The summed E-state index contributed by atoms with van der Waals surface area (Å²) in [6, 6.07) is 9.70. The monoisotopic (exact) mass is 280 g/mol. The fraction of sp³-hybridized carbons (Fsp3) is 0.385. The van der Waals surface area contributed by atoms with E-state index in [0.717, 1.165) is 4.90 Å². The van der Waals surface area contributed by atoms with E-state index in [1.165, 1.54) is 0 Å². The first kappa shape index (κ1) is 13.7. The Morgan fingerprint density at radius 3 is 2.63 bits per heavy atom. The molecule has 6 heteroatoms. The Bertz CT molecular complexity index is 429. The van der Waals surface area contributed by atoms with Crippen molar-refractivity contribution < 1.29 is 14.3 Å². The second-order valence-corrected chi connectivity index (χ2v) is 5.28. The van der Waals surface area contributed by atoms with Gasteiger partial charge in [0.15, 0.2) is 0 Å². The van der Waals surface area contributed by atoms with Crippen LogP contribution >= 0.6 is 11.8 Å². The number of esters is 1. The summed E-state index contributed by atoms with van der Waals surface area (Å²) in [5.74, 6) is 0.460. The van der Waals surface area contributed by atoms with Crippen LogP contribution in [0.5, 0.6) is 0 Å². The molecule has 2 rings (SSSR count). The molecule has 1 aliphatic rings. The van der Waals surface area contributed by atoms with Gasteiger partial charge in [-0.2, -0.15) is 0 Å². The summed E-state index contributed by atoms with van der Waals surface area (Å²) in [4.78, 5) is 23.6. The quantitative estimate of drug-likeness (QED) is 0.632. The maximum absolute atomic E-state index is 11.6. The zero-order valence-corrected chi connectivity index (χ0v) is 11.2. The molecule has 0 radical (unpaired) electrons. The Kier molecular flexibility index (Phi) is 5.09. The Morgan fingerprint density at radius 1 is 1.26 bits per heavy atom. The number of hydrogen-bond acceptors (Lipinski definition) is 4. The van der Waals surface area contributed by atoms with Crippen molar-refractivity contribution in [2.75, 3.05) is 18.8 Å². The highest BCUT2D eigenvalue weighted by Gasteiger charge is 2.20. The number of carbonyl (C=O) groups is 2. The third-order valence-electron chi connectivity index (χ3n) is 2.60. The lowest BCUT2D eigenvalue weighted by atomic mass is 10.3. The van der Waals surface area contributed by atoms with Gasteiger partial charge in [-0.3, -0.25) is 4.79 Å². The minimum atomic E-state index is -0.271. The van der Waals surface area contributed by atoms with Crippen LogP contribution in [0.2, 0.25) is 0 Å². The van der Waals surface area contributed by atoms with Crippen LogP contribution in [0.15, 0.2) is 35.2 Å². The molecule has 1 aliphatic heterocycles. The van der Waals surface area contributed by atoms with Crippen molar-refractivity contribution in [2.45, 2.75) is 17.4 Å². The van der Waals surface area contributed by atoms with Gasteiger partial charge in [-0.05, 0) is 12.1 Å². The van der Waals surface area contributed by atoms with E-state index in [2.05, 4.69) is 10.6 Å². The number of thioether (sulfide) groups is 1. The molecule has 0 atom stereocenters. The van der Waals surface area contributed by atoms with Crippen molar-refractivity contribution in [1.82, 2.24) is 10.6 Å². The molecule has 2 N–H and O–H groups in total. The molecule has 1 saturated heterocycles. The van der Waals surface area contributed by atoms with E-state index in [1.54, 1.807) is 11.8 Å². The molecule has 1 aromatic carbocycles. The van der Waals surface area contributed by atoms with E-state index in [1.807, 2.05) is 30.3 Å². The molecule has 1 fully saturated rings. The summed E-state index contributed by atoms with van der Waals surface area (Å²) in [5, 5.41) is 5.17. The fourth-order valence-corrected chi connectivity index (χ4v) is 2.50. The molecule has 0 aliphatic carbocycles. The van der Waals surface area contributed by atoms with Crippen molar-refractivity contribution in [3.8, 4) is 0 Å². The summed E-state index contributed by atoms with van der Waals surface area (Å²) in [6.07, 6.45) is 0.0937. The zero-order chi connectivity index (χ0) is 13.5. The van der Waals surface area contributed by atoms with E-state index in [0.29, 0.717) is 25.3 Å². The largest absolute Gasteiger partial charge is 0.459 e.